The van der Waals surface area contributed by atoms with Gasteiger partial charge in [0, 0.05) is 11.9 Å². The van der Waals surface area contributed by atoms with Gasteiger partial charge >= 0.3 is 12.1 Å². The Kier molecular flexibility index (Phi) is 4.07. The smallest absolute Gasteiger partial charge is 0.419 e. The lowest BCUT2D eigenvalue weighted by molar-refractivity contribution is -0.139. The first-order valence-electron chi connectivity index (χ1n) is 5.82. The first-order chi connectivity index (χ1) is 10.5. The number of carboxylic acid groups (broad SMARTS) is 1. The van der Waals surface area contributed by atoms with Crippen molar-refractivity contribution in [1.29, 1.82) is 0 Å². The summed E-state index contributed by atoms with van der Waals surface area (Å²) in [4.78, 5) is 12.4. The quantitative estimate of drug-likeness (QED) is 0.737. The third-order valence-corrected chi connectivity index (χ3v) is 4.08. The molecule has 0 saturated carbocycles. The second kappa shape index (κ2) is 5.57. The molecule has 2 rings (SSSR count). The van der Waals surface area contributed by atoms with Crippen molar-refractivity contribution in [1.82, 2.24) is 4.98 Å². The molecular weight excluding hydrogens is 344 g/mol. The van der Waals surface area contributed by atoms with Crippen LogP contribution in [0, 0.1) is 5.82 Å². The highest BCUT2D eigenvalue weighted by Crippen LogP contribution is 2.33. The van der Waals surface area contributed by atoms with E-state index in [1.165, 1.54) is 0 Å². The fourth-order valence-corrected chi connectivity index (χ4v) is 2.72. The molecule has 0 bridgehead atoms. The van der Waals surface area contributed by atoms with Crippen LogP contribution in [0.2, 0.25) is 0 Å². The molecule has 0 unspecified atom stereocenters. The molecule has 0 aliphatic rings. The summed E-state index contributed by atoms with van der Waals surface area (Å²) in [5, 5.41) is 8.70. The fourth-order valence-electron chi connectivity index (χ4n) is 1.67. The maximum absolute atomic E-state index is 13.1. The highest BCUT2D eigenvalue weighted by molar-refractivity contribution is 7.92. The zero-order chi connectivity index (χ0) is 17.4. The summed E-state index contributed by atoms with van der Waals surface area (Å²) in [5.41, 5.74) is -2.56. The average Bonchev–Trinajstić information content (AvgIpc) is 2.90. The van der Waals surface area contributed by atoms with E-state index in [0.717, 1.165) is 18.3 Å². The monoisotopic (exact) mass is 352 g/mol. The molecule has 1 heterocycles. The fraction of sp³-hybridized carbons (Fsp3) is 0.0833. The van der Waals surface area contributed by atoms with Crippen LogP contribution in [0.3, 0.4) is 0 Å². The highest BCUT2D eigenvalue weighted by Gasteiger charge is 2.34. The van der Waals surface area contributed by atoms with Crippen molar-refractivity contribution in [3.05, 3.63) is 47.5 Å². The Morgan fingerprint density at radius 2 is 1.87 bits per heavy atom. The first kappa shape index (κ1) is 16.8. The summed E-state index contributed by atoms with van der Waals surface area (Å²) in [6, 6.07) is 2.38. The number of benzene rings is 1. The molecular formula is C12H8F4N2O4S. The summed E-state index contributed by atoms with van der Waals surface area (Å²) in [5.74, 6) is -2.96. The Hall–Kier alpha value is -2.56. The van der Waals surface area contributed by atoms with Gasteiger partial charge in [-0.3, -0.25) is 4.72 Å². The molecule has 11 heteroatoms. The van der Waals surface area contributed by atoms with Crippen LogP contribution < -0.4 is 4.72 Å². The molecule has 0 aliphatic heterocycles. The van der Waals surface area contributed by atoms with Gasteiger partial charge in [0.15, 0.2) is 0 Å². The number of aromatic carboxylic acids is 1. The zero-order valence-corrected chi connectivity index (χ0v) is 11.8. The largest absolute Gasteiger partial charge is 0.477 e. The van der Waals surface area contributed by atoms with E-state index in [9.17, 15) is 30.8 Å². The van der Waals surface area contributed by atoms with E-state index in [-0.39, 0.29) is 0 Å². The molecule has 124 valence electrons. The number of sulfonamides is 1. The second-order valence-corrected chi connectivity index (χ2v) is 6.03. The van der Waals surface area contributed by atoms with Gasteiger partial charge in [0.2, 0.25) is 0 Å². The Labute approximate surface area is 126 Å². The summed E-state index contributed by atoms with van der Waals surface area (Å²) >= 11 is 0. The van der Waals surface area contributed by atoms with Gasteiger partial charge in [0.05, 0.1) is 5.56 Å². The van der Waals surface area contributed by atoms with Gasteiger partial charge in [0.1, 0.15) is 16.4 Å². The lowest BCUT2D eigenvalue weighted by Gasteiger charge is -2.11. The number of nitrogens with one attached hydrogen (secondary N) is 2. The normalized spacial score (nSPS) is 12.2. The minimum Gasteiger partial charge on any atom is -0.477 e. The predicted molar refractivity (Wildman–Crippen MR) is 70.0 cm³/mol. The molecule has 0 saturated heterocycles. The average molecular weight is 352 g/mol. The van der Waals surface area contributed by atoms with Gasteiger partial charge in [-0.05, 0) is 24.3 Å². The molecule has 0 amide bonds. The number of alkyl halides is 3. The zero-order valence-electron chi connectivity index (χ0n) is 11.0. The molecule has 0 atom stereocenters. The van der Waals surface area contributed by atoms with E-state index < -0.39 is 49.8 Å². The molecule has 2 aromatic rings. The summed E-state index contributed by atoms with van der Waals surface area (Å²) in [6.07, 6.45) is -4.13. The number of halogens is 4. The number of rotatable bonds is 4. The Morgan fingerprint density at radius 3 is 2.39 bits per heavy atom. The molecule has 0 fully saturated rings. The molecule has 0 radical (unpaired) electrons. The van der Waals surface area contributed by atoms with Gasteiger partial charge in [-0.25, -0.2) is 17.6 Å². The number of anilines is 1. The van der Waals surface area contributed by atoms with E-state index in [4.69, 9.17) is 5.11 Å². The van der Waals surface area contributed by atoms with E-state index in [1.807, 2.05) is 4.72 Å². The van der Waals surface area contributed by atoms with E-state index in [2.05, 4.69) is 4.98 Å². The van der Waals surface area contributed by atoms with E-state index in [1.54, 1.807) is 0 Å². The Balaban J connectivity index is 2.35. The molecule has 1 aromatic heterocycles. The molecule has 6 nitrogen and oxygen atoms in total. The number of aromatic amines is 1. The minimum absolute atomic E-state index is 0.303. The third-order valence-electron chi connectivity index (χ3n) is 2.72. The van der Waals surface area contributed by atoms with Gasteiger partial charge in [0.25, 0.3) is 10.0 Å². The van der Waals surface area contributed by atoms with E-state index >= 15 is 0 Å². The predicted octanol–water partition coefficient (Wildman–Crippen LogP) is 2.67. The minimum atomic E-state index is -4.99. The number of aromatic nitrogens is 1. The lowest BCUT2D eigenvalue weighted by atomic mass is 10.2. The van der Waals surface area contributed by atoms with Gasteiger partial charge < -0.3 is 10.1 Å². The maximum Gasteiger partial charge on any atom is 0.419 e. The lowest BCUT2D eigenvalue weighted by Crippen LogP contribution is -2.14. The van der Waals surface area contributed by atoms with Crippen LogP contribution in [0.1, 0.15) is 16.1 Å². The number of hydrogen-bond acceptors (Lipinski definition) is 3. The second-order valence-electron chi connectivity index (χ2n) is 4.35. The Morgan fingerprint density at radius 1 is 1.22 bits per heavy atom. The Bertz CT molecular complexity index is 858. The topological polar surface area (TPSA) is 99.3 Å². The van der Waals surface area contributed by atoms with Crippen molar-refractivity contribution in [2.75, 3.05) is 4.72 Å². The van der Waals surface area contributed by atoms with Crippen molar-refractivity contribution in [3.63, 3.8) is 0 Å². The molecule has 0 spiro atoms. The van der Waals surface area contributed by atoms with Crippen LogP contribution in [-0.2, 0) is 16.2 Å². The van der Waals surface area contributed by atoms with Crippen molar-refractivity contribution in [3.8, 4) is 0 Å². The van der Waals surface area contributed by atoms with Crippen LogP contribution in [0.4, 0.5) is 23.2 Å². The maximum atomic E-state index is 13.1. The van der Waals surface area contributed by atoms with Crippen molar-refractivity contribution < 1.29 is 35.9 Å². The van der Waals surface area contributed by atoms with Crippen LogP contribution >= 0.6 is 0 Å². The molecule has 23 heavy (non-hydrogen) atoms. The first-order valence-corrected chi connectivity index (χ1v) is 7.30. The molecule has 3 N–H and O–H groups in total. The summed E-state index contributed by atoms with van der Waals surface area (Å²) in [7, 11) is -4.34. The van der Waals surface area contributed by atoms with Crippen LogP contribution in [-0.4, -0.2) is 24.5 Å². The SMILES string of the molecule is O=C(O)c1cc(S(=O)(=O)Nc2ccc(F)c(C(F)(F)F)c2)c[nH]1. The van der Waals surface area contributed by atoms with E-state index in [0.29, 0.717) is 12.1 Å². The van der Waals surface area contributed by atoms with Crippen molar-refractivity contribution in [2.24, 2.45) is 0 Å². The number of hydrogen-bond donors (Lipinski definition) is 3. The highest BCUT2D eigenvalue weighted by atomic mass is 32.2. The molecule has 0 aliphatic carbocycles. The van der Waals surface area contributed by atoms with Gasteiger partial charge in [-0.15, -0.1) is 0 Å². The summed E-state index contributed by atoms with van der Waals surface area (Å²) < 4.78 is 76.7. The van der Waals surface area contributed by atoms with Crippen LogP contribution in [0.25, 0.3) is 0 Å². The number of carbonyl (C=O) groups is 1. The summed E-state index contributed by atoms with van der Waals surface area (Å²) in [6.45, 7) is 0. The van der Waals surface area contributed by atoms with Crippen molar-refractivity contribution >= 4 is 21.7 Å². The van der Waals surface area contributed by atoms with Crippen LogP contribution in [0.15, 0.2) is 35.4 Å². The number of H-pyrrole nitrogens is 1. The number of carboxylic acids is 1. The van der Waals surface area contributed by atoms with Gasteiger partial charge in [-0.1, -0.05) is 0 Å². The standard InChI is InChI=1S/C12H8F4N2O4S/c13-9-2-1-6(3-8(9)12(14,15)16)18-23(21,22)7-4-10(11(19)20)17-5-7/h1-5,17-18H,(H,19,20). The molecule has 1 aromatic carbocycles. The van der Waals surface area contributed by atoms with Crippen LogP contribution in [0.5, 0.6) is 0 Å². The third kappa shape index (κ3) is 3.62. The van der Waals surface area contributed by atoms with Crippen molar-refractivity contribution in [2.45, 2.75) is 11.1 Å². The van der Waals surface area contributed by atoms with Gasteiger partial charge in [-0.2, -0.15) is 13.2 Å².